The number of carbonyl (C=O) groups is 1. The van der Waals surface area contributed by atoms with Gasteiger partial charge in [-0.05, 0) is 25.0 Å². The van der Waals surface area contributed by atoms with E-state index in [1.54, 1.807) is 11.0 Å². The van der Waals surface area contributed by atoms with Gasteiger partial charge in [0.2, 0.25) is 0 Å². The zero-order chi connectivity index (χ0) is 14.8. The molecule has 1 aliphatic heterocycles. The Labute approximate surface area is 130 Å². The molecule has 1 aromatic carbocycles. The maximum atomic E-state index is 12.8. The number of hydrogen-bond acceptors (Lipinski definition) is 3. The van der Waals surface area contributed by atoms with Crippen LogP contribution in [0, 0.1) is 0 Å². The van der Waals surface area contributed by atoms with E-state index in [4.69, 9.17) is 21.1 Å². The summed E-state index contributed by atoms with van der Waals surface area (Å²) >= 11 is 6.40. The number of alkyl halides is 1. The standard InChI is InChI=1S/C16H20ClNO3/c1-18(13-7-3-2-6-12(13)17)16(19)11-5-4-8-14-15(11)21-10-9-20-14/h4-5,8,12-13H,2-3,6-7,9-10H2,1H3. The van der Waals surface area contributed by atoms with Crippen molar-refractivity contribution in [3.8, 4) is 11.5 Å². The molecule has 5 heteroatoms. The van der Waals surface area contributed by atoms with Crippen LogP contribution in [0.4, 0.5) is 0 Å². The zero-order valence-electron chi connectivity index (χ0n) is 12.2. The molecule has 1 heterocycles. The normalized spacial score (nSPS) is 24.5. The maximum Gasteiger partial charge on any atom is 0.257 e. The molecular formula is C16H20ClNO3. The summed E-state index contributed by atoms with van der Waals surface area (Å²) in [4.78, 5) is 14.6. The van der Waals surface area contributed by atoms with Crippen molar-refractivity contribution in [2.45, 2.75) is 37.1 Å². The molecule has 2 unspecified atom stereocenters. The van der Waals surface area contributed by atoms with Gasteiger partial charge < -0.3 is 14.4 Å². The molecule has 0 spiro atoms. The molecule has 0 N–H and O–H groups in total. The van der Waals surface area contributed by atoms with Crippen LogP contribution >= 0.6 is 11.6 Å². The zero-order valence-corrected chi connectivity index (χ0v) is 12.9. The molecular weight excluding hydrogens is 290 g/mol. The van der Waals surface area contributed by atoms with Crippen molar-refractivity contribution in [2.75, 3.05) is 20.3 Å². The third-order valence-corrected chi connectivity index (χ3v) is 4.77. The number of nitrogens with zero attached hydrogens (tertiary/aromatic N) is 1. The summed E-state index contributed by atoms with van der Waals surface area (Å²) in [6, 6.07) is 5.54. The van der Waals surface area contributed by atoms with E-state index in [9.17, 15) is 4.79 Å². The first kappa shape index (κ1) is 14.5. The minimum absolute atomic E-state index is 0.0319. The number of ether oxygens (including phenoxy) is 2. The highest BCUT2D eigenvalue weighted by molar-refractivity contribution is 6.21. The molecule has 1 aromatic rings. The molecule has 3 rings (SSSR count). The number of carbonyl (C=O) groups excluding carboxylic acids is 1. The maximum absolute atomic E-state index is 12.8. The molecule has 21 heavy (non-hydrogen) atoms. The number of amides is 1. The van der Waals surface area contributed by atoms with Crippen molar-refractivity contribution in [3.05, 3.63) is 23.8 Å². The first-order chi connectivity index (χ1) is 10.2. The minimum Gasteiger partial charge on any atom is -0.486 e. The highest BCUT2D eigenvalue weighted by atomic mass is 35.5. The molecule has 1 aliphatic carbocycles. The molecule has 0 radical (unpaired) electrons. The molecule has 0 bridgehead atoms. The summed E-state index contributed by atoms with van der Waals surface area (Å²) in [6.45, 7) is 0.995. The van der Waals surface area contributed by atoms with Crippen molar-refractivity contribution < 1.29 is 14.3 Å². The summed E-state index contributed by atoms with van der Waals surface area (Å²) in [7, 11) is 1.83. The number of fused-ring (bicyclic) bond motifs is 1. The lowest BCUT2D eigenvalue weighted by Crippen LogP contribution is -2.44. The summed E-state index contributed by atoms with van der Waals surface area (Å²) in [5.74, 6) is 1.16. The molecule has 2 aliphatic rings. The van der Waals surface area contributed by atoms with Crippen LogP contribution in [0.1, 0.15) is 36.0 Å². The van der Waals surface area contributed by atoms with E-state index in [2.05, 4.69) is 0 Å². The first-order valence-corrected chi connectivity index (χ1v) is 7.92. The van der Waals surface area contributed by atoms with Crippen LogP contribution in [0.5, 0.6) is 11.5 Å². The summed E-state index contributed by atoms with van der Waals surface area (Å²) < 4.78 is 11.2. The number of rotatable bonds is 2. The van der Waals surface area contributed by atoms with Gasteiger partial charge in [-0.1, -0.05) is 18.9 Å². The third kappa shape index (κ3) is 2.82. The van der Waals surface area contributed by atoms with Crippen LogP contribution in [0.15, 0.2) is 18.2 Å². The summed E-state index contributed by atoms with van der Waals surface area (Å²) in [5, 5.41) is 0.0319. The first-order valence-electron chi connectivity index (χ1n) is 7.48. The van der Waals surface area contributed by atoms with Gasteiger partial charge in [-0.3, -0.25) is 4.79 Å². The second kappa shape index (κ2) is 6.14. The topological polar surface area (TPSA) is 38.8 Å². The van der Waals surface area contributed by atoms with Crippen molar-refractivity contribution >= 4 is 17.5 Å². The largest absolute Gasteiger partial charge is 0.486 e. The van der Waals surface area contributed by atoms with E-state index < -0.39 is 0 Å². The van der Waals surface area contributed by atoms with Gasteiger partial charge in [0.1, 0.15) is 13.2 Å². The Balaban J connectivity index is 1.84. The smallest absolute Gasteiger partial charge is 0.257 e. The van der Waals surface area contributed by atoms with Crippen LogP contribution in [-0.2, 0) is 0 Å². The third-order valence-electron chi connectivity index (χ3n) is 4.26. The van der Waals surface area contributed by atoms with Gasteiger partial charge in [-0.15, -0.1) is 11.6 Å². The monoisotopic (exact) mass is 309 g/mol. The van der Waals surface area contributed by atoms with Gasteiger partial charge in [0.25, 0.3) is 5.91 Å². The molecule has 114 valence electrons. The molecule has 1 amide bonds. The number of para-hydroxylation sites is 1. The average molecular weight is 310 g/mol. The lowest BCUT2D eigenvalue weighted by Gasteiger charge is -2.35. The van der Waals surface area contributed by atoms with Gasteiger partial charge in [-0.2, -0.15) is 0 Å². The lowest BCUT2D eigenvalue weighted by atomic mass is 9.93. The lowest BCUT2D eigenvalue weighted by molar-refractivity contribution is 0.0690. The number of benzene rings is 1. The predicted molar refractivity (Wildman–Crippen MR) is 81.4 cm³/mol. The van der Waals surface area contributed by atoms with Gasteiger partial charge in [0.05, 0.1) is 10.9 Å². The van der Waals surface area contributed by atoms with Gasteiger partial charge >= 0.3 is 0 Å². The number of halogens is 1. The van der Waals surface area contributed by atoms with Crippen LogP contribution in [0.25, 0.3) is 0 Å². The Morgan fingerprint density at radius 1 is 1.24 bits per heavy atom. The summed E-state index contributed by atoms with van der Waals surface area (Å²) in [6.07, 6.45) is 4.20. The van der Waals surface area contributed by atoms with Crippen molar-refractivity contribution in [3.63, 3.8) is 0 Å². The molecule has 0 aromatic heterocycles. The Kier molecular flexibility index (Phi) is 4.24. The molecule has 2 atom stereocenters. The molecule has 0 saturated heterocycles. The van der Waals surface area contributed by atoms with E-state index in [-0.39, 0.29) is 17.3 Å². The van der Waals surface area contributed by atoms with Gasteiger partial charge in [0, 0.05) is 13.1 Å². The minimum atomic E-state index is -0.0464. The Bertz CT molecular complexity index is 534. The molecule has 4 nitrogen and oxygen atoms in total. The molecule has 1 fully saturated rings. The van der Waals surface area contributed by atoms with Crippen molar-refractivity contribution in [1.29, 1.82) is 0 Å². The second-order valence-electron chi connectivity index (χ2n) is 5.61. The number of hydrogen-bond donors (Lipinski definition) is 0. The Morgan fingerprint density at radius 3 is 2.81 bits per heavy atom. The van der Waals surface area contributed by atoms with Gasteiger partial charge in [-0.25, -0.2) is 0 Å². The Hall–Kier alpha value is -1.42. The van der Waals surface area contributed by atoms with E-state index in [0.717, 1.165) is 25.7 Å². The van der Waals surface area contributed by atoms with Crippen LogP contribution < -0.4 is 9.47 Å². The van der Waals surface area contributed by atoms with Crippen molar-refractivity contribution in [2.24, 2.45) is 0 Å². The fourth-order valence-electron chi connectivity index (χ4n) is 3.09. The van der Waals surface area contributed by atoms with Crippen LogP contribution in [-0.4, -0.2) is 42.5 Å². The molecule has 1 saturated carbocycles. The van der Waals surface area contributed by atoms with Crippen LogP contribution in [0.3, 0.4) is 0 Å². The summed E-state index contributed by atoms with van der Waals surface area (Å²) in [5.41, 5.74) is 0.559. The van der Waals surface area contributed by atoms with E-state index in [0.29, 0.717) is 30.3 Å². The van der Waals surface area contributed by atoms with Gasteiger partial charge in [0.15, 0.2) is 11.5 Å². The quantitative estimate of drug-likeness (QED) is 0.788. The SMILES string of the molecule is CN(C(=O)c1cccc2c1OCCO2)C1CCCCC1Cl. The fourth-order valence-corrected chi connectivity index (χ4v) is 3.53. The van der Waals surface area contributed by atoms with E-state index >= 15 is 0 Å². The fraction of sp³-hybridized carbons (Fsp3) is 0.562. The van der Waals surface area contributed by atoms with Crippen LogP contribution in [0.2, 0.25) is 0 Å². The predicted octanol–water partition coefficient (Wildman–Crippen LogP) is 3.08. The highest BCUT2D eigenvalue weighted by Gasteiger charge is 2.32. The van der Waals surface area contributed by atoms with E-state index in [1.807, 2.05) is 19.2 Å². The highest BCUT2D eigenvalue weighted by Crippen LogP contribution is 2.35. The van der Waals surface area contributed by atoms with Crippen molar-refractivity contribution in [1.82, 2.24) is 4.90 Å². The van der Waals surface area contributed by atoms with E-state index in [1.165, 1.54) is 0 Å². The second-order valence-corrected chi connectivity index (χ2v) is 6.17. The average Bonchev–Trinajstić information content (AvgIpc) is 2.53. The Morgan fingerprint density at radius 2 is 2.00 bits per heavy atom.